The Morgan fingerprint density at radius 1 is 0.735 bits per heavy atom. The smallest absolute Gasteiger partial charge is 0.303 e. The predicted molar refractivity (Wildman–Crippen MR) is 105 cm³/mol. The summed E-state index contributed by atoms with van der Waals surface area (Å²) in [6, 6.07) is 18.1. The molecule has 0 amide bonds. The van der Waals surface area contributed by atoms with Gasteiger partial charge in [0.15, 0.2) is 0 Å². The van der Waals surface area contributed by atoms with E-state index in [1.807, 2.05) is 55.0 Å². The minimum atomic E-state index is -4.94. The minimum absolute atomic E-state index is 0. The molecule has 1 radical (unpaired) electrons. The molecule has 189 valence electrons. The Kier molecular flexibility index (Phi) is 15.8. The Morgan fingerprint density at radius 3 is 1.35 bits per heavy atom. The van der Waals surface area contributed by atoms with Crippen LogP contribution in [0.1, 0.15) is 17.1 Å². The van der Waals surface area contributed by atoms with E-state index in [0.29, 0.717) is 0 Å². The summed E-state index contributed by atoms with van der Waals surface area (Å²) >= 11 is 0. The van der Waals surface area contributed by atoms with Crippen molar-refractivity contribution in [2.45, 2.75) is 19.5 Å². The van der Waals surface area contributed by atoms with Gasteiger partial charge < -0.3 is 14.7 Å². The first-order chi connectivity index (χ1) is 15.4. The number of hydrogen-bond donors (Lipinski definition) is 3. The van der Waals surface area contributed by atoms with Crippen molar-refractivity contribution < 1.29 is 64.9 Å². The van der Waals surface area contributed by atoms with E-state index in [1.54, 1.807) is 0 Å². The maximum atomic E-state index is 8.88. The summed E-state index contributed by atoms with van der Waals surface area (Å²) < 4.78 is 42.9. The average molecular weight is 561 g/mol. The van der Waals surface area contributed by atoms with Crippen molar-refractivity contribution in [3.05, 3.63) is 90.3 Å². The second-order valence-corrected chi connectivity index (χ2v) is 8.10. The van der Waals surface area contributed by atoms with Gasteiger partial charge in [0.2, 0.25) is 0 Å². The Balaban J connectivity index is 0.000000841. The number of hydrogen-bond acceptors (Lipinski definition) is 9. The van der Waals surface area contributed by atoms with Crippen molar-refractivity contribution in [2.75, 3.05) is 6.54 Å². The second-order valence-electron chi connectivity index (χ2n) is 6.32. The van der Waals surface area contributed by atoms with Gasteiger partial charge in [-0.2, -0.15) is 0 Å². The van der Waals surface area contributed by atoms with Gasteiger partial charge in [0.05, 0.1) is 11.4 Å². The van der Waals surface area contributed by atoms with Gasteiger partial charge in [-0.25, -0.2) is 23.2 Å². The van der Waals surface area contributed by atoms with Gasteiger partial charge >= 0.3 is 7.82 Å². The van der Waals surface area contributed by atoms with E-state index >= 15 is 0 Å². The third-order valence-electron chi connectivity index (χ3n) is 3.63. The number of aromatic nitrogens is 3. The summed E-state index contributed by atoms with van der Waals surface area (Å²) in [5.74, 6) is 0. The van der Waals surface area contributed by atoms with Crippen molar-refractivity contribution in [3.63, 3.8) is 0 Å². The first-order valence-electron chi connectivity index (χ1n) is 9.22. The fourth-order valence-corrected chi connectivity index (χ4v) is 2.47. The molecule has 3 heterocycles. The van der Waals surface area contributed by atoms with Crippen LogP contribution in [0.5, 0.6) is 0 Å². The van der Waals surface area contributed by atoms with Crippen molar-refractivity contribution in [3.8, 4) is 0 Å². The molecule has 0 atom stereocenters. The molecule has 0 saturated carbocycles. The second kappa shape index (κ2) is 16.7. The first-order valence-corrected chi connectivity index (χ1v) is 12.0. The zero-order valence-corrected chi connectivity index (χ0v) is 20.3. The van der Waals surface area contributed by atoms with Gasteiger partial charge in [0.25, 0.3) is 0 Å². The van der Waals surface area contributed by atoms with Crippen LogP contribution in [0, 0.1) is 10.2 Å². The Morgan fingerprint density at radius 2 is 1.06 bits per heavy atom. The Bertz CT molecular complexity index is 897. The quantitative estimate of drug-likeness (QED) is 0.254. The fourth-order valence-electron chi connectivity index (χ4n) is 2.47. The van der Waals surface area contributed by atoms with Gasteiger partial charge in [-0.15, -0.1) is 10.2 Å². The van der Waals surface area contributed by atoms with Gasteiger partial charge in [-0.1, -0.05) is 18.2 Å². The van der Waals surface area contributed by atoms with Crippen molar-refractivity contribution in [1.29, 1.82) is 0 Å². The van der Waals surface area contributed by atoms with Crippen molar-refractivity contribution in [1.82, 2.24) is 19.9 Å². The molecule has 12 nitrogen and oxygen atoms in total. The topological polar surface area (TPSA) is 212 Å². The number of phosphoric acid groups is 1. The summed E-state index contributed by atoms with van der Waals surface area (Å²) in [5, 5.41) is 0. The van der Waals surface area contributed by atoms with Crippen LogP contribution < -0.4 is 18.6 Å². The number of pyridine rings is 3. The average Bonchev–Trinajstić information content (AvgIpc) is 2.72. The Hall–Kier alpha value is -1.84. The molecule has 3 aromatic heterocycles. The predicted octanol–water partition coefficient (Wildman–Crippen LogP) is -2.57. The summed E-state index contributed by atoms with van der Waals surface area (Å²) in [4.78, 5) is 37.2. The summed E-state index contributed by atoms with van der Waals surface area (Å²) in [6.45, 7) is 2.54. The summed E-state index contributed by atoms with van der Waals surface area (Å²) in [7, 11) is -9.58. The number of nitrogens with zero attached hydrogens (tertiary/aromatic N) is 4. The van der Waals surface area contributed by atoms with Crippen LogP contribution in [-0.4, -0.2) is 41.1 Å². The molecule has 3 aromatic rings. The van der Waals surface area contributed by atoms with Crippen LogP contribution >= 0.6 is 7.82 Å². The molecule has 0 aliphatic carbocycles. The molecule has 0 aromatic carbocycles. The zero-order valence-electron chi connectivity index (χ0n) is 17.6. The summed E-state index contributed by atoms with van der Waals surface area (Å²) in [5.41, 5.74) is 3.26. The fraction of sp³-hybridized carbons (Fsp3) is 0.211. The molecule has 0 aliphatic rings. The van der Waals surface area contributed by atoms with Gasteiger partial charge in [-0.05, 0) is 36.4 Å². The molecule has 0 spiro atoms. The standard InChI is InChI=1S/C19H20N4.ClHO4.Co.H3O4P/c1-4-11-20-17(7-1)10-14-23(15-18-8-2-5-12-21-18)16-19-9-3-6-13-22-19;2-1(3,4)5;;1-5(2,3)4/h1-9,11-13H,10,14-16H2;(H,2,3,4,5);;(H3,1,2,3,4)/p-1. The number of rotatable bonds is 7. The Labute approximate surface area is 208 Å². The molecule has 0 fully saturated rings. The molecular weight excluding hydrogens is 538 g/mol. The maximum absolute atomic E-state index is 8.88. The molecule has 0 aliphatic heterocycles. The van der Waals surface area contributed by atoms with Crippen LogP contribution in [0.2, 0.25) is 0 Å². The van der Waals surface area contributed by atoms with Crippen LogP contribution in [0.25, 0.3) is 0 Å². The van der Waals surface area contributed by atoms with E-state index in [-0.39, 0.29) is 16.8 Å². The minimum Gasteiger partial charge on any atom is -0.303 e. The van der Waals surface area contributed by atoms with Gasteiger partial charge in [-0.3, -0.25) is 19.9 Å². The van der Waals surface area contributed by atoms with Crippen molar-refractivity contribution >= 4 is 7.82 Å². The molecular formula is C19H23ClCoN4O8P-. The van der Waals surface area contributed by atoms with Crippen molar-refractivity contribution in [2.24, 2.45) is 0 Å². The van der Waals surface area contributed by atoms with Gasteiger partial charge in [0, 0.05) is 67.1 Å². The largest absolute Gasteiger partial charge is 0.466 e. The van der Waals surface area contributed by atoms with E-state index < -0.39 is 18.1 Å². The van der Waals surface area contributed by atoms with E-state index in [2.05, 4.69) is 38.1 Å². The molecule has 3 rings (SSSR count). The number of halogens is 1. The normalized spacial score (nSPS) is 10.8. The molecule has 3 N–H and O–H groups in total. The van der Waals surface area contributed by atoms with E-state index in [1.165, 1.54) is 0 Å². The molecule has 0 saturated heterocycles. The third-order valence-corrected chi connectivity index (χ3v) is 3.63. The maximum Gasteiger partial charge on any atom is 0.466 e. The molecule has 0 unspecified atom stereocenters. The van der Waals surface area contributed by atoms with Crippen LogP contribution in [0.15, 0.2) is 73.2 Å². The van der Waals surface area contributed by atoms with Gasteiger partial charge in [0.1, 0.15) is 0 Å². The third kappa shape index (κ3) is 20.7. The SMILES string of the molecule is O=P(O)(O)O.[Co].[O-][Cl+3]([O-])([O-])[O-].c1ccc(CCN(Cc2ccccn2)Cc2ccccn2)nc1. The first kappa shape index (κ1) is 32.2. The zero-order chi connectivity index (χ0) is 24.7. The van der Waals surface area contributed by atoms with E-state index in [0.717, 1.165) is 43.1 Å². The molecule has 34 heavy (non-hydrogen) atoms. The van der Waals surface area contributed by atoms with Crippen LogP contribution in [0.4, 0.5) is 0 Å². The monoisotopic (exact) mass is 560 g/mol. The van der Waals surface area contributed by atoms with Crippen LogP contribution in [-0.2, 0) is 40.9 Å². The summed E-state index contributed by atoms with van der Waals surface area (Å²) in [6.07, 6.45) is 6.44. The van der Waals surface area contributed by atoms with E-state index in [4.69, 9.17) is 37.9 Å². The molecule has 15 heteroatoms. The van der Waals surface area contributed by atoms with E-state index in [9.17, 15) is 0 Å². The van der Waals surface area contributed by atoms with Crippen LogP contribution in [0.3, 0.4) is 0 Å². The molecule has 0 bridgehead atoms.